The molecular formula is C22H38N6O12Zn+2. The van der Waals surface area contributed by atoms with Gasteiger partial charge in [0.05, 0.1) is 11.9 Å². The molecule has 228 valence electrons. The SMILES string of the molecule is CCCc1nc(C(=O)[O-])c(C(=O)O)[nH]1.CCCc1nc(C(=O)[O-])c(C(=O)O)[nH]1.CN(C)C=O.CN(C)C=O.[OH3+].[OH3+].[Zn+2]. The largest absolute Gasteiger partial charge is 2.00 e. The average molecular weight is 644 g/mol. The van der Waals surface area contributed by atoms with Crippen molar-refractivity contribution in [2.45, 2.75) is 39.5 Å². The Morgan fingerprint density at radius 3 is 1.10 bits per heavy atom. The molecule has 18 nitrogen and oxygen atoms in total. The topological polar surface area (TPSA) is 319 Å². The molecule has 0 spiro atoms. The second-order valence-corrected chi connectivity index (χ2v) is 7.64. The summed E-state index contributed by atoms with van der Waals surface area (Å²) >= 11 is 0. The quantitative estimate of drug-likeness (QED) is 0.111. The van der Waals surface area contributed by atoms with E-state index in [9.17, 15) is 39.0 Å². The Kier molecular flexibility index (Phi) is 28.2. The van der Waals surface area contributed by atoms with Crippen molar-refractivity contribution in [1.29, 1.82) is 0 Å². The molecule has 0 saturated heterocycles. The number of aromatic amines is 2. The molecule has 10 N–H and O–H groups in total. The van der Waals surface area contributed by atoms with Gasteiger partial charge >= 0.3 is 31.4 Å². The Balaban J connectivity index is -0.000000151. The van der Waals surface area contributed by atoms with Crippen molar-refractivity contribution >= 4 is 36.7 Å². The number of amides is 2. The fourth-order valence-electron chi connectivity index (χ4n) is 2.16. The van der Waals surface area contributed by atoms with Crippen LogP contribution in [0.25, 0.3) is 0 Å². The Hall–Kier alpha value is -4.22. The zero-order valence-corrected chi connectivity index (χ0v) is 26.8. The van der Waals surface area contributed by atoms with Gasteiger partial charge in [-0.25, -0.2) is 19.6 Å². The predicted octanol–water partition coefficient (Wildman–Crippen LogP) is -3.59. The van der Waals surface area contributed by atoms with Gasteiger partial charge in [0.2, 0.25) is 12.8 Å². The molecule has 0 saturated carbocycles. The van der Waals surface area contributed by atoms with Crippen LogP contribution in [-0.2, 0) is 52.9 Å². The minimum absolute atomic E-state index is 0. The van der Waals surface area contributed by atoms with E-state index >= 15 is 0 Å². The Bertz CT molecular complexity index is 938. The van der Waals surface area contributed by atoms with E-state index in [0.29, 0.717) is 24.5 Å². The number of hydrogen-bond acceptors (Lipinski definition) is 10. The van der Waals surface area contributed by atoms with Crippen LogP contribution in [0, 0.1) is 0 Å². The fraction of sp³-hybridized carbons (Fsp3) is 0.455. The standard InChI is InChI=1S/2C8H10N2O4.2C3H7NO.2H2O.Zn/c2*1-2-3-4-9-5(7(11)12)6(10-4)8(13)14;2*1-4(2)3-5;;;/h2*2-3H2,1H3,(H,9,10)(H,11,12)(H,13,14);2*3H,1-2H3;2*1H2;/q;;;;;;+2. The fourth-order valence-corrected chi connectivity index (χ4v) is 2.16. The van der Waals surface area contributed by atoms with Gasteiger partial charge in [-0.15, -0.1) is 0 Å². The van der Waals surface area contributed by atoms with Crippen LogP contribution in [0.2, 0.25) is 0 Å². The molecule has 0 aliphatic carbocycles. The normalized spacial score (nSPS) is 8.54. The molecule has 19 heteroatoms. The zero-order valence-electron chi connectivity index (χ0n) is 23.8. The number of carbonyl (C=O) groups excluding carboxylic acids is 4. The molecule has 2 heterocycles. The maximum atomic E-state index is 10.6. The molecule has 2 rings (SSSR count). The van der Waals surface area contributed by atoms with Crippen LogP contribution < -0.4 is 10.2 Å². The van der Waals surface area contributed by atoms with Gasteiger partial charge in [-0.3, -0.25) is 9.59 Å². The van der Waals surface area contributed by atoms with Crippen molar-refractivity contribution in [3.05, 3.63) is 34.4 Å². The third-order valence-electron chi connectivity index (χ3n) is 3.72. The minimum atomic E-state index is -1.58. The van der Waals surface area contributed by atoms with E-state index < -0.39 is 46.7 Å². The van der Waals surface area contributed by atoms with Gasteiger partial charge in [0.25, 0.3) is 0 Å². The summed E-state index contributed by atoms with van der Waals surface area (Å²) < 4.78 is 0. The van der Waals surface area contributed by atoms with Gasteiger partial charge in [-0.05, 0) is 12.8 Å². The number of hydrogen-bond donors (Lipinski definition) is 4. The minimum Gasteiger partial charge on any atom is -0.543 e. The number of rotatable bonds is 10. The zero-order chi connectivity index (χ0) is 30.0. The van der Waals surface area contributed by atoms with Crippen molar-refractivity contribution in [1.82, 2.24) is 29.7 Å². The summed E-state index contributed by atoms with van der Waals surface area (Å²) in [5.41, 5.74) is -1.93. The van der Waals surface area contributed by atoms with Gasteiger partial charge in [0.1, 0.15) is 23.0 Å². The monoisotopic (exact) mass is 642 g/mol. The van der Waals surface area contributed by atoms with Crippen LogP contribution in [-0.4, -0.2) is 105 Å². The molecular weight excluding hydrogens is 606 g/mol. The number of carbonyl (C=O) groups is 6. The van der Waals surface area contributed by atoms with E-state index in [-0.39, 0.29) is 30.4 Å². The summed E-state index contributed by atoms with van der Waals surface area (Å²) in [5, 5.41) is 38.2. The van der Waals surface area contributed by atoms with E-state index in [2.05, 4.69) is 19.9 Å². The first-order chi connectivity index (χ1) is 17.7. The van der Waals surface area contributed by atoms with Crippen LogP contribution in [0.3, 0.4) is 0 Å². The third kappa shape index (κ3) is 19.5. The van der Waals surface area contributed by atoms with Gasteiger partial charge < -0.3 is 60.7 Å². The molecule has 0 aliphatic rings. The van der Waals surface area contributed by atoms with Crippen molar-refractivity contribution in [3.63, 3.8) is 0 Å². The summed E-state index contributed by atoms with van der Waals surface area (Å²) in [6, 6.07) is 0. The second kappa shape index (κ2) is 24.8. The third-order valence-corrected chi connectivity index (χ3v) is 3.72. The van der Waals surface area contributed by atoms with Gasteiger partial charge in [0, 0.05) is 41.0 Å². The van der Waals surface area contributed by atoms with E-state index in [1.54, 1.807) is 28.2 Å². The average Bonchev–Trinajstić information content (AvgIpc) is 3.46. The molecule has 0 fully saturated rings. The second-order valence-electron chi connectivity index (χ2n) is 7.64. The van der Waals surface area contributed by atoms with Crippen LogP contribution in [0.4, 0.5) is 0 Å². The van der Waals surface area contributed by atoms with Crippen LogP contribution in [0.5, 0.6) is 0 Å². The van der Waals surface area contributed by atoms with Crippen molar-refractivity contribution in [2.75, 3.05) is 28.2 Å². The summed E-state index contributed by atoms with van der Waals surface area (Å²) in [4.78, 5) is 76.0. The maximum Gasteiger partial charge on any atom is 2.00 e. The molecule has 0 radical (unpaired) electrons. The number of H-pyrrole nitrogens is 2. The summed E-state index contributed by atoms with van der Waals surface area (Å²) in [6.07, 6.45) is 4.01. The number of nitrogens with one attached hydrogen (secondary N) is 2. The Morgan fingerprint density at radius 1 is 0.732 bits per heavy atom. The molecule has 2 aromatic heterocycles. The molecule has 0 bridgehead atoms. The first-order valence-corrected chi connectivity index (χ1v) is 11.0. The number of aromatic carboxylic acids is 4. The van der Waals surface area contributed by atoms with Crippen molar-refractivity contribution in [2.24, 2.45) is 0 Å². The number of aryl methyl sites for hydroxylation is 2. The molecule has 2 aromatic rings. The van der Waals surface area contributed by atoms with Gasteiger partial charge in [0.15, 0.2) is 11.4 Å². The molecule has 0 atom stereocenters. The van der Waals surface area contributed by atoms with Crippen LogP contribution in [0.1, 0.15) is 80.3 Å². The van der Waals surface area contributed by atoms with E-state index in [0.717, 1.165) is 25.7 Å². The molecule has 2 amide bonds. The number of nitrogens with zero attached hydrogens (tertiary/aromatic N) is 4. The number of carboxylic acids is 4. The van der Waals surface area contributed by atoms with E-state index in [4.69, 9.17) is 10.2 Å². The smallest absolute Gasteiger partial charge is 0.543 e. The molecule has 41 heavy (non-hydrogen) atoms. The maximum absolute atomic E-state index is 10.6. The summed E-state index contributed by atoms with van der Waals surface area (Å²) in [7, 11) is 6.75. The Labute approximate surface area is 248 Å². The summed E-state index contributed by atoms with van der Waals surface area (Å²) in [6.45, 7) is 3.75. The van der Waals surface area contributed by atoms with Crippen molar-refractivity contribution < 1.29 is 79.6 Å². The van der Waals surface area contributed by atoms with Crippen LogP contribution >= 0.6 is 0 Å². The predicted molar refractivity (Wildman–Crippen MR) is 137 cm³/mol. The van der Waals surface area contributed by atoms with Crippen molar-refractivity contribution in [3.8, 4) is 0 Å². The number of carboxylic acid groups (broad SMARTS) is 4. The van der Waals surface area contributed by atoms with Gasteiger partial charge in [-0.2, -0.15) is 0 Å². The Morgan fingerprint density at radius 2 is 0.976 bits per heavy atom. The first kappa shape index (κ1) is 46.6. The molecule has 0 aliphatic heterocycles. The molecule has 0 aromatic carbocycles. The number of aromatic nitrogens is 4. The number of imidazole rings is 2. The van der Waals surface area contributed by atoms with Gasteiger partial charge in [-0.1, -0.05) is 13.8 Å². The molecule has 0 unspecified atom stereocenters. The van der Waals surface area contributed by atoms with E-state index in [1.807, 2.05) is 13.8 Å². The summed E-state index contributed by atoms with van der Waals surface area (Å²) in [5.74, 6) is -5.16. The van der Waals surface area contributed by atoms with Crippen LogP contribution in [0.15, 0.2) is 0 Å². The van der Waals surface area contributed by atoms with E-state index in [1.165, 1.54) is 9.80 Å². The first-order valence-electron chi connectivity index (χ1n) is 11.0.